The highest BCUT2D eigenvalue weighted by atomic mass is 16.5. The Hall–Kier alpha value is -2.81. The first-order chi connectivity index (χ1) is 9.26. The number of para-hydroxylation sites is 1. The number of aromatic nitrogens is 2. The van der Waals surface area contributed by atoms with Gasteiger partial charge in [0.05, 0.1) is 12.2 Å². The first kappa shape index (κ1) is 12.6. The van der Waals surface area contributed by atoms with Gasteiger partial charge in [-0.1, -0.05) is 12.1 Å². The molecule has 1 heterocycles. The van der Waals surface area contributed by atoms with Gasteiger partial charge in [-0.3, -0.25) is 0 Å². The van der Waals surface area contributed by atoms with Gasteiger partial charge in [0.15, 0.2) is 5.69 Å². The lowest BCUT2D eigenvalue weighted by Crippen LogP contribution is -2.03. The molecule has 0 bridgehead atoms. The lowest BCUT2D eigenvalue weighted by molar-refractivity contribution is 0.325. The van der Waals surface area contributed by atoms with Crippen LogP contribution in [0.3, 0.4) is 0 Å². The van der Waals surface area contributed by atoms with E-state index in [-0.39, 0.29) is 17.4 Å². The molecule has 0 aliphatic rings. The Kier molecular flexibility index (Phi) is 3.78. The molecule has 0 saturated carbocycles. The normalized spacial score (nSPS) is 9.68. The fourth-order valence-electron chi connectivity index (χ4n) is 1.45. The second kappa shape index (κ2) is 5.69. The molecule has 0 atom stereocenters. The van der Waals surface area contributed by atoms with Crippen molar-refractivity contribution in [3.8, 4) is 23.6 Å². The average molecular weight is 256 g/mol. The fraction of sp³-hybridized carbons (Fsp3) is 0.154. The molecule has 2 rings (SSSR count). The van der Waals surface area contributed by atoms with Gasteiger partial charge in [-0.15, -0.1) is 0 Å². The van der Waals surface area contributed by atoms with Crippen LogP contribution >= 0.6 is 0 Å². The van der Waals surface area contributed by atoms with Crippen molar-refractivity contribution in [2.75, 3.05) is 12.3 Å². The summed E-state index contributed by atoms with van der Waals surface area (Å²) in [5, 5.41) is 8.99. The van der Waals surface area contributed by atoms with Crippen molar-refractivity contribution < 1.29 is 9.47 Å². The van der Waals surface area contributed by atoms with E-state index < -0.39 is 0 Å². The number of nitrogens with zero attached hydrogens (tertiary/aromatic N) is 3. The number of ether oxygens (including phenoxy) is 2. The minimum Gasteiger partial charge on any atom is -0.476 e. The van der Waals surface area contributed by atoms with Crippen molar-refractivity contribution in [3.63, 3.8) is 0 Å². The molecule has 6 nitrogen and oxygen atoms in total. The van der Waals surface area contributed by atoms with Gasteiger partial charge in [-0.05, 0) is 19.1 Å². The van der Waals surface area contributed by atoms with Gasteiger partial charge in [0.25, 0.3) is 0 Å². The van der Waals surface area contributed by atoms with Crippen molar-refractivity contribution in [2.45, 2.75) is 6.92 Å². The van der Waals surface area contributed by atoms with E-state index in [1.54, 1.807) is 24.3 Å². The standard InChI is InChI=1S/C13H12N4O2/c1-2-18-12-11(15)13(17-8-16-12)19-10-6-4-3-5-9(10)7-14/h3-6,8H,2,15H2,1H3. The molecule has 96 valence electrons. The maximum absolute atomic E-state index is 8.99. The molecule has 6 heteroatoms. The summed E-state index contributed by atoms with van der Waals surface area (Å²) in [6.45, 7) is 2.27. The molecule has 2 N–H and O–H groups in total. The van der Waals surface area contributed by atoms with E-state index >= 15 is 0 Å². The maximum Gasteiger partial charge on any atom is 0.249 e. The van der Waals surface area contributed by atoms with Crippen LogP contribution in [-0.4, -0.2) is 16.6 Å². The zero-order valence-corrected chi connectivity index (χ0v) is 10.3. The third-order valence-corrected chi connectivity index (χ3v) is 2.31. The summed E-state index contributed by atoms with van der Waals surface area (Å²) in [5.41, 5.74) is 6.46. The van der Waals surface area contributed by atoms with Crippen molar-refractivity contribution in [2.24, 2.45) is 0 Å². The summed E-state index contributed by atoms with van der Waals surface area (Å²) in [6, 6.07) is 8.86. The zero-order valence-electron chi connectivity index (χ0n) is 10.3. The summed E-state index contributed by atoms with van der Waals surface area (Å²) < 4.78 is 10.8. The van der Waals surface area contributed by atoms with Crippen molar-refractivity contribution in [1.82, 2.24) is 9.97 Å². The van der Waals surface area contributed by atoms with Crippen molar-refractivity contribution in [1.29, 1.82) is 5.26 Å². The Balaban J connectivity index is 2.34. The Morgan fingerprint density at radius 3 is 2.74 bits per heavy atom. The predicted octanol–water partition coefficient (Wildman–Crippen LogP) is 2.12. The number of hydrogen-bond donors (Lipinski definition) is 1. The Morgan fingerprint density at radius 2 is 2.00 bits per heavy atom. The number of benzene rings is 1. The number of nitriles is 1. The monoisotopic (exact) mass is 256 g/mol. The highest BCUT2D eigenvalue weighted by molar-refractivity contribution is 5.57. The number of anilines is 1. The number of nitrogens with two attached hydrogens (primary N) is 1. The molecule has 2 aromatic rings. The van der Waals surface area contributed by atoms with Gasteiger partial charge in [0.2, 0.25) is 11.8 Å². The minimum absolute atomic E-state index is 0.168. The van der Waals surface area contributed by atoms with Crippen molar-refractivity contribution >= 4 is 5.69 Å². The highest BCUT2D eigenvalue weighted by Crippen LogP contribution is 2.31. The number of rotatable bonds is 4. The third-order valence-electron chi connectivity index (χ3n) is 2.31. The number of hydrogen-bond acceptors (Lipinski definition) is 6. The van der Waals surface area contributed by atoms with E-state index in [0.29, 0.717) is 17.9 Å². The van der Waals surface area contributed by atoms with Gasteiger partial charge in [-0.25, -0.2) is 0 Å². The van der Waals surface area contributed by atoms with Crippen LogP contribution in [0.4, 0.5) is 5.69 Å². The molecule has 1 aromatic carbocycles. The van der Waals surface area contributed by atoms with E-state index in [1.165, 1.54) is 6.33 Å². The third kappa shape index (κ3) is 2.72. The maximum atomic E-state index is 8.99. The van der Waals surface area contributed by atoms with Crippen LogP contribution in [0.25, 0.3) is 0 Å². The first-order valence-corrected chi connectivity index (χ1v) is 5.66. The molecule has 0 saturated heterocycles. The van der Waals surface area contributed by atoms with Crippen LogP contribution in [0, 0.1) is 11.3 Å². The molecule has 1 aromatic heterocycles. The quantitative estimate of drug-likeness (QED) is 0.900. The molecule has 0 spiro atoms. The van der Waals surface area contributed by atoms with Crippen LogP contribution in [0.5, 0.6) is 17.5 Å². The largest absolute Gasteiger partial charge is 0.476 e. The second-order valence-electron chi connectivity index (χ2n) is 3.54. The summed E-state index contributed by atoms with van der Waals surface area (Å²) in [7, 11) is 0. The van der Waals surface area contributed by atoms with E-state index in [9.17, 15) is 0 Å². The predicted molar refractivity (Wildman–Crippen MR) is 68.8 cm³/mol. The molecule has 0 radical (unpaired) electrons. The van der Waals surface area contributed by atoms with Crippen LogP contribution in [0.1, 0.15) is 12.5 Å². The summed E-state index contributed by atoms with van der Waals surface area (Å²) in [6.07, 6.45) is 1.30. The molecule has 0 amide bonds. The van der Waals surface area contributed by atoms with Gasteiger partial charge < -0.3 is 15.2 Å². The molecular weight excluding hydrogens is 244 g/mol. The van der Waals surface area contributed by atoms with E-state index in [4.69, 9.17) is 20.5 Å². The molecule has 0 aliphatic carbocycles. The smallest absolute Gasteiger partial charge is 0.249 e. The summed E-state index contributed by atoms with van der Waals surface area (Å²) >= 11 is 0. The van der Waals surface area contributed by atoms with Gasteiger partial charge >= 0.3 is 0 Å². The SMILES string of the molecule is CCOc1ncnc(Oc2ccccc2C#N)c1N. The van der Waals surface area contributed by atoms with Crippen LogP contribution in [-0.2, 0) is 0 Å². The first-order valence-electron chi connectivity index (χ1n) is 5.66. The molecule has 0 fully saturated rings. The number of nitrogen functional groups attached to an aromatic ring is 1. The fourth-order valence-corrected chi connectivity index (χ4v) is 1.45. The Bertz CT molecular complexity index is 622. The summed E-state index contributed by atoms with van der Waals surface area (Å²) in [5.74, 6) is 0.820. The Morgan fingerprint density at radius 1 is 1.26 bits per heavy atom. The van der Waals surface area contributed by atoms with Gasteiger partial charge in [0, 0.05) is 0 Å². The average Bonchev–Trinajstić information content (AvgIpc) is 2.44. The summed E-state index contributed by atoms with van der Waals surface area (Å²) in [4.78, 5) is 7.85. The van der Waals surface area contributed by atoms with E-state index in [2.05, 4.69) is 9.97 Å². The Labute approximate surface area is 110 Å². The van der Waals surface area contributed by atoms with Crippen LogP contribution in [0.2, 0.25) is 0 Å². The molecular formula is C13H12N4O2. The molecule has 0 aliphatic heterocycles. The molecule has 19 heavy (non-hydrogen) atoms. The van der Waals surface area contributed by atoms with Gasteiger partial charge in [0.1, 0.15) is 18.1 Å². The minimum atomic E-state index is 0.168. The highest BCUT2D eigenvalue weighted by Gasteiger charge is 2.12. The molecule has 0 unspecified atom stereocenters. The van der Waals surface area contributed by atoms with E-state index in [0.717, 1.165) is 0 Å². The van der Waals surface area contributed by atoms with Crippen LogP contribution in [0.15, 0.2) is 30.6 Å². The lowest BCUT2D eigenvalue weighted by Gasteiger charge is -2.10. The second-order valence-corrected chi connectivity index (χ2v) is 3.54. The van der Waals surface area contributed by atoms with Crippen molar-refractivity contribution in [3.05, 3.63) is 36.2 Å². The van der Waals surface area contributed by atoms with E-state index in [1.807, 2.05) is 13.0 Å². The lowest BCUT2D eigenvalue weighted by atomic mass is 10.2. The van der Waals surface area contributed by atoms with Crippen LogP contribution < -0.4 is 15.2 Å². The van der Waals surface area contributed by atoms with Gasteiger partial charge in [-0.2, -0.15) is 15.2 Å². The topological polar surface area (TPSA) is 94.0 Å². The zero-order chi connectivity index (χ0) is 13.7.